The first-order chi connectivity index (χ1) is 16.2. The van der Waals surface area contributed by atoms with Gasteiger partial charge in [-0.25, -0.2) is 14.6 Å². The molecule has 8 nitrogen and oxygen atoms in total. The second-order valence-electron chi connectivity index (χ2n) is 7.16. The maximum Gasteiger partial charge on any atom is 0.363 e. The highest BCUT2D eigenvalue weighted by Crippen LogP contribution is 2.31. The number of carbonyl (C=O) groups excluding carboxylic acids is 2. The van der Waals surface area contributed by atoms with Crippen LogP contribution in [0.5, 0.6) is 5.75 Å². The number of hydrogen-bond donors (Lipinski definition) is 0. The van der Waals surface area contributed by atoms with E-state index in [1.165, 1.54) is 12.1 Å². The number of esters is 2. The van der Waals surface area contributed by atoms with E-state index in [1.807, 2.05) is 6.07 Å². The fraction of sp³-hybridized carbons (Fsp3) is 0.0417. The molecule has 0 saturated carbocycles. The van der Waals surface area contributed by atoms with Gasteiger partial charge < -0.3 is 9.47 Å². The molecule has 0 N–H and O–H groups in total. The summed E-state index contributed by atoms with van der Waals surface area (Å²) in [7, 11) is 0. The van der Waals surface area contributed by atoms with Crippen molar-refractivity contribution in [3.63, 3.8) is 0 Å². The van der Waals surface area contributed by atoms with E-state index < -0.39 is 16.9 Å². The summed E-state index contributed by atoms with van der Waals surface area (Å²) in [6.45, 7) is 1.60. The van der Waals surface area contributed by atoms with Gasteiger partial charge in [-0.15, -0.1) is 0 Å². The highest BCUT2D eigenvalue weighted by atomic mass is 127. The Bertz CT molecular complexity index is 1380. The number of benzene rings is 3. The van der Waals surface area contributed by atoms with Crippen molar-refractivity contribution < 1.29 is 24.0 Å². The number of cyclic esters (lactones) is 1. The second-order valence-corrected chi connectivity index (χ2v) is 9.49. The molecule has 0 atom stereocenters. The zero-order valence-corrected chi connectivity index (χ0v) is 21.8. The largest absolute Gasteiger partial charge is 0.421 e. The summed E-state index contributed by atoms with van der Waals surface area (Å²) in [5.74, 6) is -0.589. The molecule has 0 fully saturated rings. The van der Waals surface area contributed by atoms with Crippen LogP contribution >= 0.6 is 45.2 Å². The second kappa shape index (κ2) is 10.0. The normalized spacial score (nSPS) is 14.0. The van der Waals surface area contributed by atoms with E-state index in [2.05, 4.69) is 50.2 Å². The van der Waals surface area contributed by atoms with Gasteiger partial charge in [-0.3, -0.25) is 10.1 Å². The Balaban J connectivity index is 1.59. The Morgan fingerprint density at radius 1 is 1.09 bits per heavy atom. The van der Waals surface area contributed by atoms with Gasteiger partial charge in [0.25, 0.3) is 5.69 Å². The molecule has 0 amide bonds. The lowest BCUT2D eigenvalue weighted by Crippen LogP contribution is -2.10. The van der Waals surface area contributed by atoms with Crippen molar-refractivity contribution in [3.8, 4) is 5.75 Å². The van der Waals surface area contributed by atoms with Gasteiger partial charge in [-0.05, 0) is 100 Å². The van der Waals surface area contributed by atoms with Crippen molar-refractivity contribution in [3.05, 3.63) is 106 Å². The van der Waals surface area contributed by atoms with Crippen molar-refractivity contribution in [1.29, 1.82) is 0 Å². The number of hydrogen-bond acceptors (Lipinski definition) is 7. The van der Waals surface area contributed by atoms with E-state index in [0.717, 1.165) is 0 Å². The molecule has 0 aromatic heterocycles. The number of nitrogens with zero attached hydrogens (tertiary/aromatic N) is 2. The lowest BCUT2D eigenvalue weighted by Gasteiger charge is -2.10. The lowest BCUT2D eigenvalue weighted by atomic mass is 10.1. The van der Waals surface area contributed by atoms with Crippen molar-refractivity contribution in [1.82, 2.24) is 0 Å². The van der Waals surface area contributed by atoms with Crippen LogP contribution in [0.25, 0.3) is 6.08 Å². The third-order valence-corrected chi connectivity index (χ3v) is 6.39. The minimum atomic E-state index is -0.629. The minimum Gasteiger partial charge on any atom is -0.421 e. The van der Waals surface area contributed by atoms with Gasteiger partial charge in [0.15, 0.2) is 11.4 Å². The summed E-state index contributed by atoms with van der Waals surface area (Å²) in [6, 6.07) is 16.6. The van der Waals surface area contributed by atoms with E-state index in [0.29, 0.717) is 35.1 Å². The molecule has 0 saturated heterocycles. The minimum absolute atomic E-state index is 0.0263. The molecule has 0 unspecified atom stereocenters. The Morgan fingerprint density at radius 2 is 1.76 bits per heavy atom. The van der Waals surface area contributed by atoms with Crippen molar-refractivity contribution >= 4 is 74.8 Å². The average molecular weight is 680 g/mol. The number of halogens is 2. The van der Waals surface area contributed by atoms with E-state index in [-0.39, 0.29) is 17.3 Å². The van der Waals surface area contributed by atoms with Crippen molar-refractivity contribution in [2.24, 2.45) is 4.99 Å². The predicted molar refractivity (Wildman–Crippen MR) is 142 cm³/mol. The maximum absolute atomic E-state index is 12.4. The predicted octanol–water partition coefficient (Wildman–Crippen LogP) is 5.68. The molecule has 0 aliphatic carbocycles. The van der Waals surface area contributed by atoms with E-state index in [4.69, 9.17) is 9.47 Å². The van der Waals surface area contributed by atoms with Gasteiger partial charge in [0.2, 0.25) is 5.90 Å². The van der Waals surface area contributed by atoms with Gasteiger partial charge in [-0.1, -0.05) is 18.2 Å². The highest BCUT2D eigenvalue weighted by Gasteiger charge is 2.25. The Hall–Kier alpha value is -3.13. The Morgan fingerprint density at radius 3 is 2.38 bits per heavy atom. The third-order valence-electron chi connectivity index (χ3n) is 4.79. The molecule has 3 aromatic rings. The number of aliphatic imine (C=N–C) groups is 1. The quantitative estimate of drug-likeness (QED) is 0.0858. The van der Waals surface area contributed by atoms with Crippen LogP contribution in [-0.4, -0.2) is 22.8 Å². The molecule has 1 aliphatic rings. The maximum atomic E-state index is 12.4. The average Bonchev–Trinajstić information content (AvgIpc) is 3.16. The van der Waals surface area contributed by atoms with Crippen molar-refractivity contribution in [2.75, 3.05) is 0 Å². The Kier molecular flexibility index (Phi) is 7.07. The molecule has 170 valence electrons. The van der Waals surface area contributed by atoms with Gasteiger partial charge in [-0.2, -0.15) is 0 Å². The SMILES string of the molecule is Cc1cc(C2=N/C(=C\c3cc(I)c(OC(=O)c4ccccc4)c(I)c3)C(=O)O2)ccc1[N+](=O)[O-]. The summed E-state index contributed by atoms with van der Waals surface area (Å²) in [5.41, 5.74) is 2.08. The van der Waals surface area contributed by atoms with Gasteiger partial charge >= 0.3 is 11.9 Å². The number of rotatable bonds is 5. The fourth-order valence-electron chi connectivity index (χ4n) is 3.17. The molecule has 10 heteroatoms. The molecule has 0 spiro atoms. The standard InChI is InChI=1S/C24H14I2N2O6/c1-13-9-16(7-8-20(13)28(31)32)22-27-19(24(30)34-22)12-14-10-17(25)21(18(26)11-14)33-23(29)15-5-3-2-4-6-15/h2-12H,1H3/b19-12-. The van der Waals surface area contributed by atoms with Crippen LogP contribution in [0.1, 0.15) is 27.0 Å². The monoisotopic (exact) mass is 680 g/mol. The first-order valence-electron chi connectivity index (χ1n) is 9.77. The summed E-state index contributed by atoms with van der Waals surface area (Å²) >= 11 is 4.13. The summed E-state index contributed by atoms with van der Waals surface area (Å²) < 4.78 is 12.2. The molecule has 0 radical (unpaired) electrons. The molecule has 0 bridgehead atoms. The van der Waals surface area contributed by atoms with Crippen LogP contribution in [0.15, 0.2) is 71.4 Å². The van der Waals surface area contributed by atoms with E-state index in [1.54, 1.807) is 55.5 Å². The molecular formula is C24H14I2N2O6. The summed E-state index contributed by atoms with van der Waals surface area (Å²) in [5, 5.41) is 11.0. The molecule has 4 rings (SSSR count). The van der Waals surface area contributed by atoms with Crippen LogP contribution in [-0.2, 0) is 9.53 Å². The number of carbonyl (C=O) groups is 2. The first kappa shape index (κ1) is 24.0. The summed E-state index contributed by atoms with van der Waals surface area (Å²) in [4.78, 5) is 39.6. The number of aryl methyl sites for hydroxylation is 1. The molecule has 1 heterocycles. The van der Waals surface area contributed by atoms with E-state index in [9.17, 15) is 19.7 Å². The number of ether oxygens (including phenoxy) is 2. The molecule has 34 heavy (non-hydrogen) atoms. The van der Waals surface area contributed by atoms with Crippen molar-refractivity contribution in [2.45, 2.75) is 6.92 Å². The van der Waals surface area contributed by atoms with Crippen LogP contribution in [0.2, 0.25) is 0 Å². The zero-order valence-electron chi connectivity index (χ0n) is 17.5. The van der Waals surface area contributed by atoms with Gasteiger partial charge in [0.05, 0.1) is 17.6 Å². The number of nitro benzene ring substituents is 1. The molecular weight excluding hydrogens is 666 g/mol. The third kappa shape index (κ3) is 5.17. The fourth-order valence-corrected chi connectivity index (χ4v) is 5.21. The van der Waals surface area contributed by atoms with Crippen LogP contribution < -0.4 is 4.74 Å². The smallest absolute Gasteiger partial charge is 0.363 e. The van der Waals surface area contributed by atoms with Crippen LogP contribution in [0.4, 0.5) is 5.69 Å². The molecule has 1 aliphatic heterocycles. The molecule has 3 aromatic carbocycles. The van der Waals surface area contributed by atoms with Crippen LogP contribution in [0, 0.1) is 24.2 Å². The lowest BCUT2D eigenvalue weighted by molar-refractivity contribution is -0.385. The zero-order chi connectivity index (χ0) is 24.4. The Labute approximate surface area is 221 Å². The highest BCUT2D eigenvalue weighted by molar-refractivity contribution is 14.1. The first-order valence-corrected chi connectivity index (χ1v) is 11.9. The van der Waals surface area contributed by atoms with E-state index >= 15 is 0 Å². The number of nitro groups is 1. The topological polar surface area (TPSA) is 108 Å². The van der Waals surface area contributed by atoms with Gasteiger partial charge in [0, 0.05) is 17.2 Å². The van der Waals surface area contributed by atoms with Gasteiger partial charge in [0.1, 0.15) is 0 Å². The van der Waals surface area contributed by atoms with Crippen LogP contribution in [0.3, 0.4) is 0 Å². The summed E-state index contributed by atoms with van der Waals surface area (Å²) in [6.07, 6.45) is 1.57.